The lowest BCUT2D eigenvalue weighted by Gasteiger charge is -2.16. The zero-order valence-corrected chi connectivity index (χ0v) is 11.7. The first kappa shape index (κ1) is 14.2. The van der Waals surface area contributed by atoms with E-state index in [1.54, 1.807) is 0 Å². The highest BCUT2D eigenvalue weighted by molar-refractivity contribution is 5.30. The molecule has 96 valence electrons. The maximum atomic E-state index is 10.1. The van der Waals surface area contributed by atoms with Crippen LogP contribution in [0.25, 0.3) is 0 Å². The first-order valence-corrected chi connectivity index (χ1v) is 6.77. The van der Waals surface area contributed by atoms with Crippen LogP contribution >= 0.6 is 0 Å². The minimum atomic E-state index is -0.196. The van der Waals surface area contributed by atoms with Crippen LogP contribution in [0.3, 0.4) is 0 Å². The Bertz CT molecular complexity index is 343. The van der Waals surface area contributed by atoms with E-state index in [2.05, 4.69) is 45.9 Å². The van der Waals surface area contributed by atoms with E-state index in [4.69, 9.17) is 0 Å². The van der Waals surface area contributed by atoms with Crippen LogP contribution in [-0.2, 0) is 6.42 Å². The molecule has 1 N–H and O–H groups in total. The number of hydrogen-bond acceptors (Lipinski definition) is 1. The maximum absolute atomic E-state index is 10.1. The standard InChI is InChI=1S/C16H26O/c1-5-6-12(2)9-16(17)11-15-8-7-13(3)14(4)10-15/h7-8,10,12,16-17H,5-6,9,11H2,1-4H3. The van der Waals surface area contributed by atoms with Crippen LogP contribution in [0.4, 0.5) is 0 Å². The second kappa shape index (κ2) is 6.80. The molecule has 2 atom stereocenters. The van der Waals surface area contributed by atoms with E-state index >= 15 is 0 Å². The van der Waals surface area contributed by atoms with E-state index in [0.717, 1.165) is 12.8 Å². The highest BCUT2D eigenvalue weighted by Crippen LogP contribution is 2.17. The van der Waals surface area contributed by atoms with Crippen molar-refractivity contribution >= 4 is 0 Å². The predicted octanol–water partition coefficient (Wildman–Crippen LogP) is 4.03. The van der Waals surface area contributed by atoms with E-state index in [1.165, 1.54) is 29.5 Å². The Balaban J connectivity index is 2.50. The van der Waals surface area contributed by atoms with Gasteiger partial charge in [-0.2, -0.15) is 0 Å². The van der Waals surface area contributed by atoms with Crippen LogP contribution in [0, 0.1) is 19.8 Å². The molecule has 1 rings (SSSR count). The van der Waals surface area contributed by atoms with Gasteiger partial charge in [-0.15, -0.1) is 0 Å². The minimum absolute atomic E-state index is 0.196. The van der Waals surface area contributed by atoms with Crippen LogP contribution < -0.4 is 0 Å². The fourth-order valence-electron chi connectivity index (χ4n) is 2.36. The summed E-state index contributed by atoms with van der Waals surface area (Å²) >= 11 is 0. The molecule has 1 aromatic rings. The smallest absolute Gasteiger partial charge is 0.0583 e. The van der Waals surface area contributed by atoms with Crippen molar-refractivity contribution in [2.24, 2.45) is 5.92 Å². The van der Waals surface area contributed by atoms with Gasteiger partial charge in [-0.25, -0.2) is 0 Å². The van der Waals surface area contributed by atoms with Gasteiger partial charge in [0, 0.05) is 0 Å². The molecule has 0 radical (unpaired) electrons. The van der Waals surface area contributed by atoms with Gasteiger partial charge in [0.2, 0.25) is 0 Å². The van der Waals surface area contributed by atoms with Gasteiger partial charge in [-0.3, -0.25) is 0 Å². The lowest BCUT2D eigenvalue weighted by Crippen LogP contribution is -2.14. The Morgan fingerprint density at radius 2 is 1.88 bits per heavy atom. The fraction of sp³-hybridized carbons (Fsp3) is 0.625. The summed E-state index contributed by atoms with van der Waals surface area (Å²) < 4.78 is 0. The highest BCUT2D eigenvalue weighted by Gasteiger charge is 2.10. The predicted molar refractivity (Wildman–Crippen MR) is 74.3 cm³/mol. The van der Waals surface area contributed by atoms with Crippen molar-refractivity contribution < 1.29 is 5.11 Å². The van der Waals surface area contributed by atoms with Gasteiger partial charge < -0.3 is 5.11 Å². The molecule has 0 saturated heterocycles. The molecule has 0 aliphatic carbocycles. The third-order valence-corrected chi connectivity index (χ3v) is 3.50. The second-order valence-corrected chi connectivity index (χ2v) is 5.41. The number of aryl methyl sites for hydroxylation is 2. The third-order valence-electron chi connectivity index (χ3n) is 3.50. The molecular formula is C16H26O. The molecule has 17 heavy (non-hydrogen) atoms. The topological polar surface area (TPSA) is 20.2 Å². The molecule has 0 amide bonds. The number of rotatable bonds is 6. The van der Waals surface area contributed by atoms with Gasteiger partial charge in [0.25, 0.3) is 0 Å². The number of aliphatic hydroxyl groups is 1. The van der Waals surface area contributed by atoms with Crippen molar-refractivity contribution in [3.8, 4) is 0 Å². The lowest BCUT2D eigenvalue weighted by molar-refractivity contribution is 0.143. The van der Waals surface area contributed by atoms with Gasteiger partial charge >= 0.3 is 0 Å². The van der Waals surface area contributed by atoms with Gasteiger partial charge in [-0.05, 0) is 49.3 Å². The van der Waals surface area contributed by atoms with Crippen LogP contribution in [0.2, 0.25) is 0 Å². The van der Waals surface area contributed by atoms with Crippen molar-refractivity contribution in [1.82, 2.24) is 0 Å². The van der Waals surface area contributed by atoms with Gasteiger partial charge in [0.15, 0.2) is 0 Å². The summed E-state index contributed by atoms with van der Waals surface area (Å²) in [5, 5.41) is 10.1. The first-order chi connectivity index (χ1) is 8.02. The summed E-state index contributed by atoms with van der Waals surface area (Å²) in [6, 6.07) is 6.48. The van der Waals surface area contributed by atoms with Crippen molar-refractivity contribution in [1.29, 1.82) is 0 Å². The van der Waals surface area contributed by atoms with E-state index in [-0.39, 0.29) is 6.10 Å². The molecule has 0 aliphatic rings. The molecule has 0 aliphatic heterocycles. The molecular weight excluding hydrogens is 208 g/mol. The van der Waals surface area contributed by atoms with Crippen LogP contribution in [0.5, 0.6) is 0 Å². The quantitative estimate of drug-likeness (QED) is 0.788. The zero-order valence-electron chi connectivity index (χ0n) is 11.7. The van der Waals surface area contributed by atoms with Crippen LogP contribution in [0.1, 0.15) is 49.8 Å². The van der Waals surface area contributed by atoms with E-state index in [9.17, 15) is 5.11 Å². The zero-order chi connectivity index (χ0) is 12.8. The average Bonchev–Trinajstić information content (AvgIpc) is 2.23. The highest BCUT2D eigenvalue weighted by atomic mass is 16.3. The van der Waals surface area contributed by atoms with Gasteiger partial charge in [-0.1, -0.05) is 44.9 Å². The molecule has 0 spiro atoms. The summed E-state index contributed by atoms with van der Waals surface area (Å²) in [6.07, 6.45) is 3.93. The van der Waals surface area contributed by atoms with Crippen molar-refractivity contribution in [2.45, 2.75) is 59.5 Å². The van der Waals surface area contributed by atoms with Crippen LogP contribution in [-0.4, -0.2) is 11.2 Å². The number of aliphatic hydroxyl groups excluding tert-OH is 1. The summed E-state index contributed by atoms with van der Waals surface area (Å²) in [5.74, 6) is 0.626. The summed E-state index contributed by atoms with van der Waals surface area (Å²) in [6.45, 7) is 8.68. The Morgan fingerprint density at radius 3 is 2.47 bits per heavy atom. The number of benzene rings is 1. The summed E-state index contributed by atoms with van der Waals surface area (Å²) in [4.78, 5) is 0. The van der Waals surface area contributed by atoms with Crippen LogP contribution in [0.15, 0.2) is 18.2 Å². The average molecular weight is 234 g/mol. The van der Waals surface area contributed by atoms with Gasteiger partial charge in [0.05, 0.1) is 6.10 Å². The molecule has 1 nitrogen and oxygen atoms in total. The van der Waals surface area contributed by atoms with Gasteiger partial charge in [0.1, 0.15) is 0 Å². The molecule has 1 aromatic carbocycles. The largest absolute Gasteiger partial charge is 0.393 e. The molecule has 0 bridgehead atoms. The molecule has 1 heteroatoms. The Hall–Kier alpha value is -0.820. The summed E-state index contributed by atoms with van der Waals surface area (Å²) in [7, 11) is 0. The minimum Gasteiger partial charge on any atom is -0.393 e. The molecule has 2 unspecified atom stereocenters. The van der Waals surface area contributed by atoms with E-state index < -0.39 is 0 Å². The van der Waals surface area contributed by atoms with E-state index in [1.807, 2.05) is 0 Å². The maximum Gasteiger partial charge on any atom is 0.0583 e. The van der Waals surface area contributed by atoms with Crippen molar-refractivity contribution in [2.75, 3.05) is 0 Å². The Labute approximate surface area is 106 Å². The lowest BCUT2D eigenvalue weighted by atomic mass is 9.94. The Morgan fingerprint density at radius 1 is 1.18 bits per heavy atom. The monoisotopic (exact) mass is 234 g/mol. The summed E-state index contributed by atoms with van der Waals surface area (Å²) in [5.41, 5.74) is 3.89. The molecule has 0 heterocycles. The molecule has 0 saturated carbocycles. The molecule has 0 fully saturated rings. The first-order valence-electron chi connectivity index (χ1n) is 6.77. The Kier molecular flexibility index (Phi) is 5.70. The number of hydrogen-bond donors (Lipinski definition) is 1. The normalized spacial score (nSPS) is 14.6. The van der Waals surface area contributed by atoms with E-state index in [0.29, 0.717) is 5.92 Å². The second-order valence-electron chi connectivity index (χ2n) is 5.41. The molecule has 0 aromatic heterocycles. The van der Waals surface area contributed by atoms with Crippen molar-refractivity contribution in [3.63, 3.8) is 0 Å². The SMILES string of the molecule is CCCC(C)CC(O)Cc1ccc(C)c(C)c1. The van der Waals surface area contributed by atoms with Crippen molar-refractivity contribution in [3.05, 3.63) is 34.9 Å². The fourth-order valence-corrected chi connectivity index (χ4v) is 2.36. The third kappa shape index (κ3) is 4.91.